The van der Waals surface area contributed by atoms with Crippen molar-refractivity contribution in [3.05, 3.63) is 34.1 Å². The summed E-state index contributed by atoms with van der Waals surface area (Å²) >= 11 is 0. The molecule has 0 saturated heterocycles. The SMILES string of the molecule is CCCCC1C=C(OC)C(=C(C)C)CC(=C(C)C)C1. The molecule has 1 unspecified atom stereocenters. The van der Waals surface area contributed by atoms with E-state index in [1.165, 1.54) is 42.4 Å². The van der Waals surface area contributed by atoms with Crippen LogP contribution in [0.2, 0.25) is 0 Å². The van der Waals surface area contributed by atoms with Crippen LogP contribution >= 0.6 is 0 Å². The van der Waals surface area contributed by atoms with Crippen molar-refractivity contribution in [2.24, 2.45) is 5.92 Å². The summed E-state index contributed by atoms with van der Waals surface area (Å²) in [5.74, 6) is 1.74. The second-order valence-electron chi connectivity index (χ2n) is 6.10. The predicted molar refractivity (Wildman–Crippen MR) is 84.1 cm³/mol. The van der Waals surface area contributed by atoms with Crippen LogP contribution in [-0.2, 0) is 4.74 Å². The number of hydrogen-bond acceptors (Lipinski definition) is 1. The Bertz CT molecular complexity index is 388. The highest BCUT2D eigenvalue weighted by Gasteiger charge is 2.20. The maximum atomic E-state index is 5.66. The molecule has 0 bridgehead atoms. The van der Waals surface area contributed by atoms with Gasteiger partial charge in [-0.3, -0.25) is 0 Å². The minimum Gasteiger partial charge on any atom is -0.497 e. The second kappa shape index (κ2) is 7.57. The van der Waals surface area contributed by atoms with Gasteiger partial charge >= 0.3 is 0 Å². The molecule has 0 radical (unpaired) electrons. The van der Waals surface area contributed by atoms with Gasteiger partial charge in [-0.15, -0.1) is 0 Å². The highest BCUT2D eigenvalue weighted by atomic mass is 16.5. The Labute approximate surface area is 119 Å². The standard InChI is InChI=1S/C18H30O/c1-7-8-9-15-10-16(13(2)3)12-17(14(4)5)18(11-15)19-6/h11,15H,7-10,12H2,1-6H3. The summed E-state index contributed by atoms with van der Waals surface area (Å²) in [6.07, 6.45) is 8.48. The first-order chi connectivity index (χ1) is 8.99. The molecule has 1 nitrogen and oxygen atoms in total. The molecule has 0 N–H and O–H groups in total. The Morgan fingerprint density at radius 3 is 2.37 bits per heavy atom. The van der Waals surface area contributed by atoms with Gasteiger partial charge < -0.3 is 4.74 Å². The summed E-state index contributed by atoms with van der Waals surface area (Å²) in [4.78, 5) is 0. The fourth-order valence-electron chi connectivity index (χ4n) is 2.71. The first kappa shape index (κ1) is 16.1. The molecular formula is C18H30O. The average Bonchev–Trinajstić information content (AvgIpc) is 2.55. The number of unbranched alkanes of at least 4 members (excludes halogenated alkanes) is 1. The second-order valence-corrected chi connectivity index (χ2v) is 6.10. The number of allylic oxidation sites excluding steroid dienone is 5. The lowest BCUT2D eigenvalue weighted by atomic mass is 9.91. The Kier molecular flexibility index (Phi) is 6.41. The van der Waals surface area contributed by atoms with Gasteiger partial charge in [0.15, 0.2) is 0 Å². The fourth-order valence-corrected chi connectivity index (χ4v) is 2.71. The van der Waals surface area contributed by atoms with Crippen LogP contribution < -0.4 is 0 Å². The molecule has 0 aromatic carbocycles. The molecule has 1 aliphatic rings. The van der Waals surface area contributed by atoms with Gasteiger partial charge in [0.25, 0.3) is 0 Å². The zero-order valence-corrected chi connectivity index (χ0v) is 13.6. The molecule has 0 aliphatic heterocycles. The molecule has 1 atom stereocenters. The molecule has 108 valence electrons. The molecule has 19 heavy (non-hydrogen) atoms. The Hall–Kier alpha value is -0.980. The molecule has 1 rings (SSSR count). The molecule has 0 aromatic heterocycles. The third-order valence-electron chi connectivity index (χ3n) is 4.04. The number of rotatable bonds is 4. The van der Waals surface area contributed by atoms with Crippen LogP contribution in [0, 0.1) is 5.92 Å². The highest BCUT2D eigenvalue weighted by molar-refractivity contribution is 5.38. The van der Waals surface area contributed by atoms with Gasteiger partial charge in [0.05, 0.1) is 7.11 Å². The number of hydrogen-bond donors (Lipinski definition) is 0. The quantitative estimate of drug-likeness (QED) is 0.583. The lowest BCUT2D eigenvalue weighted by molar-refractivity contribution is 0.295. The van der Waals surface area contributed by atoms with Crippen molar-refractivity contribution >= 4 is 0 Å². The van der Waals surface area contributed by atoms with E-state index in [0.29, 0.717) is 5.92 Å². The van der Waals surface area contributed by atoms with Gasteiger partial charge in [0.1, 0.15) is 5.76 Å². The maximum Gasteiger partial charge on any atom is 0.118 e. The lowest BCUT2D eigenvalue weighted by Crippen LogP contribution is -1.99. The van der Waals surface area contributed by atoms with Gasteiger partial charge in [-0.1, -0.05) is 36.5 Å². The molecular weight excluding hydrogens is 232 g/mol. The van der Waals surface area contributed by atoms with E-state index in [0.717, 1.165) is 12.2 Å². The molecule has 1 aliphatic carbocycles. The Balaban J connectivity index is 3.12. The monoisotopic (exact) mass is 262 g/mol. The van der Waals surface area contributed by atoms with Crippen molar-refractivity contribution in [3.8, 4) is 0 Å². The summed E-state index contributed by atoms with van der Waals surface area (Å²) in [7, 11) is 1.80. The van der Waals surface area contributed by atoms with E-state index in [4.69, 9.17) is 4.74 Å². The maximum absolute atomic E-state index is 5.66. The molecule has 0 amide bonds. The normalized spacial score (nSPS) is 19.9. The topological polar surface area (TPSA) is 9.23 Å². The smallest absolute Gasteiger partial charge is 0.118 e. The predicted octanol–water partition coefficient (Wildman–Crippen LogP) is 5.79. The molecule has 0 heterocycles. The van der Waals surface area contributed by atoms with Crippen LogP contribution in [0.15, 0.2) is 34.1 Å². The van der Waals surface area contributed by atoms with E-state index >= 15 is 0 Å². The van der Waals surface area contributed by atoms with Gasteiger partial charge in [-0.2, -0.15) is 0 Å². The van der Waals surface area contributed by atoms with Crippen molar-refractivity contribution < 1.29 is 4.74 Å². The van der Waals surface area contributed by atoms with Crippen LogP contribution in [0.5, 0.6) is 0 Å². The van der Waals surface area contributed by atoms with Gasteiger partial charge in [0.2, 0.25) is 0 Å². The largest absolute Gasteiger partial charge is 0.497 e. The zero-order chi connectivity index (χ0) is 14.4. The summed E-state index contributed by atoms with van der Waals surface area (Å²) in [5, 5.41) is 0. The number of ether oxygens (including phenoxy) is 1. The average molecular weight is 262 g/mol. The van der Waals surface area contributed by atoms with E-state index in [1.807, 2.05) is 0 Å². The number of methoxy groups -OCH3 is 1. The van der Waals surface area contributed by atoms with Crippen molar-refractivity contribution in [3.63, 3.8) is 0 Å². The van der Waals surface area contributed by atoms with Crippen LogP contribution in [0.3, 0.4) is 0 Å². The molecule has 0 aromatic rings. The zero-order valence-electron chi connectivity index (χ0n) is 13.6. The van der Waals surface area contributed by atoms with E-state index in [-0.39, 0.29) is 0 Å². The third-order valence-corrected chi connectivity index (χ3v) is 4.04. The highest BCUT2D eigenvalue weighted by Crippen LogP contribution is 2.35. The van der Waals surface area contributed by atoms with E-state index in [9.17, 15) is 0 Å². The van der Waals surface area contributed by atoms with Crippen LogP contribution in [0.25, 0.3) is 0 Å². The summed E-state index contributed by atoms with van der Waals surface area (Å²) in [6, 6.07) is 0. The van der Waals surface area contributed by atoms with Crippen LogP contribution in [0.4, 0.5) is 0 Å². The van der Waals surface area contributed by atoms with Gasteiger partial charge in [-0.25, -0.2) is 0 Å². The summed E-state index contributed by atoms with van der Waals surface area (Å²) in [5.41, 5.74) is 5.84. The van der Waals surface area contributed by atoms with Crippen molar-refractivity contribution in [2.45, 2.75) is 66.7 Å². The third kappa shape index (κ3) is 4.56. The van der Waals surface area contributed by atoms with Crippen molar-refractivity contribution in [1.82, 2.24) is 0 Å². The Morgan fingerprint density at radius 1 is 1.21 bits per heavy atom. The first-order valence-electron chi connectivity index (χ1n) is 7.57. The van der Waals surface area contributed by atoms with Gasteiger partial charge in [-0.05, 0) is 64.5 Å². The van der Waals surface area contributed by atoms with Crippen molar-refractivity contribution in [2.75, 3.05) is 7.11 Å². The minimum atomic E-state index is 0.636. The lowest BCUT2D eigenvalue weighted by Gasteiger charge is -2.14. The van der Waals surface area contributed by atoms with E-state index in [2.05, 4.69) is 40.7 Å². The Morgan fingerprint density at radius 2 is 1.89 bits per heavy atom. The summed E-state index contributed by atoms with van der Waals surface area (Å²) in [6.45, 7) is 11.1. The van der Waals surface area contributed by atoms with Crippen molar-refractivity contribution in [1.29, 1.82) is 0 Å². The summed E-state index contributed by atoms with van der Waals surface area (Å²) < 4.78 is 5.66. The van der Waals surface area contributed by atoms with E-state index < -0.39 is 0 Å². The molecule has 1 heteroatoms. The molecule has 0 spiro atoms. The van der Waals surface area contributed by atoms with Crippen LogP contribution in [0.1, 0.15) is 66.7 Å². The minimum absolute atomic E-state index is 0.636. The van der Waals surface area contributed by atoms with Crippen LogP contribution in [-0.4, -0.2) is 7.11 Å². The van der Waals surface area contributed by atoms with E-state index in [1.54, 1.807) is 12.7 Å². The van der Waals surface area contributed by atoms with Gasteiger partial charge in [0, 0.05) is 0 Å². The molecule has 0 fully saturated rings. The first-order valence-corrected chi connectivity index (χ1v) is 7.57. The fraction of sp³-hybridized carbons (Fsp3) is 0.667. The molecule has 0 saturated carbocycles.